The van der Waals surface area contributed by atoms with Crippen LogP contribution in [-0.4, -0.2) is 5.91 Å². The first kappa shape index (κ1) is 12.9. The smallest absolute Gasteiger partial charge is 0.251 e. The summed E-state index contributed by atoms with van der Waals surface area (Å²) in [4.78, 5) is 13.0. The maximum Gasteiger partial charge on any atom is 0.251 e. The molecule has 0 unspecified atom stereocenters. The summed E-state index contributed by atoms with van der Waals surface area (Å²) < 4.78 is 0.722. The molecule has 3 nitrogen and oxygen atoms in total. The second kappa shape index (κ2) is 5.42. The molecule has 1 aromatic carbocycles. The molecule has 0 aliphatic heterocycles. The zero-order valence-electron chi connectivity index (χ0n) is 9.87. The quantitative estimate of drug-likeness (QED) is 0.848. The number of carbonyl (C=O) groups is 1. The lowest BCUT2D eigenvalue weighted by molar-refractivity contribution is 0.0950. The van der Waals surface area contributed by atoms with Gasteiger partial charge < -0.3 is 11.1 Å². The summed E-state index contributed by atoms with van der Waals surface area (Å²) in [5.41, 5.74) is 7.81. The molecule has 0 saturated heterocycles. The van der Waals surface area contributed by atoms with Crippen LogP contribution >= 0.6 is 22.9 Å². The summed E-state index contributed by atoms with van der Waals surface area (Å²) in [5.74, 6) is -0.121. The van der Waals surface area contributed by atoms with Crippen molar-refractivity contribution in [2.75, 3.05) is 5.73 Å². The standard InChI is InChI=1S/C13H13ClN2OS/c1-8-10(3-2-4-11(8)15)13(17)16-7-9-5-6-12(14)18-9/h2-6H,7,15H2,1H3,(H,16,17). The first-order valence-electron chi connectivity index (χ1n) is 5.45. The van der Waals surface area contributed by atoms with Gasteiger partial charge in [-0.1, -0.05) is 17.7 Å². The number of benzene rings is 1. The number of nitrogen functional groups attached to an aromatic ring is 1. The summed E-state index contributed by atoms with van der Waals surface area (Å²) in [6.45, 7) is 2.32. The molecule has 0 radical (unpaired) electrons. The molecule has 0 saturated carbocycles. The number of hydrogen-bond donors (Lipinski definition) is 2. The number of halogens is 1. The molecule has 94 valence electrons. The molecule has 5 heteroatoms. The average Bonchev–Trinajstić information content (AvgIpc) is 2.76. The SMILES string of the molecule is Cc1c(N)cccc1C(=O)NCc1ccc(Cl)s1. The van der Waals surface area contributed by atoms with Gasteiger partial charge in [0.25, 0.3) is 5.91 Å². The van der Waals surface area contributed by atoms with Crippen LogP contribution in [0.2, 0.25) is 4.34 Å². The first-order chi connectivity index (χ1) is 8.58. The number of hydrogen-bond acceptors (Lipinski definition) is 3. The second-order valence-corrected chi connectivity index (χ2v) is 5.71. The number of nitrogens with one attached hydrogen (secondary N) is 1. The maximum absolute atomic E-state index is 12.0. The van der Waals surface area contributed by atoms with Gasteiger partial charge in [0.1, 0.15) is 0 Å². The predicted octanol–water partition coefficient (Wildman–Crippen LogP) is 3.22. The summed E-state index contributed by atoms with van der Waals surface area (Å²) in [6, 6.07) is 9.05. The molecule has 18 heavy (non-hydrogen) atoms. The Morgan fingerprint density at radius 1 is 1.39 bits per heavy atom. The Morgan fingerprint density at radius 3 is 2.83 bits per heavy atom. The van der Waals surface area contributed by atoms with Crippen LogP contribution < -0.4 is 11.1 Å². The van der Waals surface area contributed by atoms with E-state index in [1.165, 1.54) is 11.3 Å². The van der Waals surface area contributed by atoms with E-state index in [0.717, 1.165) is 14.8 Å². The van der Waals surface area contributed by atoms with Gasteiger partial charge in [0, 0.05) is 16.1 Å². The van der Waals surface area contributed by atoms with Crippen molar-refractivity contribution in [3.63, 3.8) is 0 Å². The molecule has 1 heterocycles. The summed E-state index contributed by atoms with van der Waals surface area (Å²) >= 11 is 7.29. The number of carbonyl (C=O) groups excluding carboxylic acids is 1. The highest BCUT2D eigenvalue weighted by Gasteiger charge is 2.10. The van der Waals surface area contributed by atoms with Crippen molar-refractivity contribution in [1.82, 2.24) is 5.32 Å². The van der Waals surface area contributed by atoms with E-state index in [1.807, 2.05) is 19.1 Å². The van der Waals surface area contributed by atoms with Crippen molar-refractivity contribution >= 4 is 34.5 Å². The van der Waals surface area contributed by atoms with E-state index in [2.05, 4.69) is 5.32 Å². The zero-order chi connectivity index (χ0) is 13.1. The van der Waals surface area contributed by atoms with E-state index < -0.39 is 0 Å². The Labute approximate surface area is 115 Å². The predicted molar refractivity (Wildman–Crippen MR) is 76.1 cm³/mol. The van der Waals surface area contributed by atoms with Crippen LogP contribution in [0.5, 0.6) is 0 Å². The number of nitrogens with two attached hydrogens (primary N) is 1. The lowest BCUT2D eigenvalue weighted by atomic mass is 10.1. The van der Waals surface area contributed by atoms with Gasteiger partial charge in [0.15, 0.2) is 0 Å². The van der Waals surface area contributed by atoms with Crippen LogP contribution in [0.1, 0.15) is 20.8 Å². The minimum Gasteiger partial charge on any atom is -0.398 e. The molecule has 1 aromatic heterocycles. The van der Waals surface area contributed by atoms with Gasteiger partial charge in [-0.2, -0.15) is 0 Å². The van der Waals surface area contributed by atoms with Gasteiger partial charge in [0.05, 0.1) is 10.9 Å². The molecule has 0 bridgehead atoms. The first-order valence-corrected chi connectivity index (χ1v) is 6.65. The second-order valence-electron chi connectivity index (χ2n) is 3.91. The van der Waals surface area contributed by atoms with Gasteiger partial charge >= 0.3 is 0 Å². The average molecular weight is 281 g/mol. The van der Waals surface area contributed by atoms with E-state index in [9.17, 15) is 4.79 Å². The fraction of sp³-hybridized carbons (Fsp3) is 0.154. The zero-order valence-corrected chi connectivity index (χ0v) is 11.4. The largest absolute Gasteiger partial charge is 0.398 e. The van der Waals surface area contributed by atoms with E-state index in [0.29, 0.717) is 17.8 Å². The molecule has 0 aliphatic carbocycles. The molecule has 0 aliphatic rings. The van der Waals surface area contributed by atoms with Crippen LogP contribution in [0.15, 0.2) is 30.3 Å². The molecular formula is C13H13ClN2OS. The third-order valence-corrected chi connectivity index (χ3v) is 3.90. The molecule has 1 amide bonds. The highest BCUT2D eigenvalue weighted by atomic mass is 35.5. The van der Waals surface area contributed by atoms with Crippen molar-refractivity contribution in [2.45, 2.75) is 13.5 Å². The lowest BCUT2D eigenvalue weighted by Gasteiger charge is -2.08. The van der Waals surface area contributed by atoms with Gasteiger partial charge in [-0.15, -0.1) is 11.3 Å². The third kappa shape index (κ3) is 2.83. The van der Waals surface area contributed by atoms with Crippen LogP contribution in [0, 0.1) is 6.92 Å². The number of amides is 1. The maximum atomic E-state index is 12.0. The Balaban J connectivity index is 2.06. The normalized spacial score (nSPS) is 10.3. The molecule has 0 fully saturated rings. The van der Waals surface area contributed by atoms with E-state index in [1.54, 1.807) is 18.2 Å². The number of thiophene rings is 1. The molecular weight excluding hydrogens is 268 g/mol. The minimum atomic E-state index is -0.121. The molecule has 3 N–H and O–H groups in total. The fourth-order valence-corrected chi connectivity index (χ4v) is 2.64. The van der Waals surface area contributed by atoms with Crippen molar-refractivity contribution in [2.24, 2.45) is 0 Å². The van der Waals surface area contributed by atoms with E-state index in [4.69, 9.17) is 17.3 Å². The highest BCUT2D eigenvalue weighted by molar-refractivity contribution is 7.16. The Morgan fingerprint density at radius 2 is 2.17 bits per heavy atom. The molecule has 0 spiro atoms. The monoisotopic (exact) mass is 280 g/mol. The van der Waals surface area contributed by atoms with Crippen molar-refractivity contribution in [3.05, 3.63) is 50.7 Å². The van der Waals surface area contributed by atoms with Crippen LogP contribution in [0.25, 0.3) is 0 Å². The Hall–Kier alpha value is -1.52. The lowest BCUT2D eigenvalue weighted by Crippen LogP contribution is -2.23. The summed E-state index contributed by atoms with van der Waals surface area (Å²) in [5, 5.41) is 2.85. The van der Waals surface area contributed by atoms with Crippen LogP contribution in [0.3, 0.4) is 0 Å². The van der Waals surface area contributed by atoms with E-state index in [-0.39, 0.29) is 5.91 Å². The molecule has 0 atom stereocenters. The van der Waals surface area contributed by atoms with Crippen LogP contribution in [0.4, 0.5) is 5.69 Å². The summed E-state index contributed by atoms with van der Waals surface area (Å²) in [7, 11) is 0. The van der Waals surface area contributed by atoms with Crippen LogP contribution in [-0.2, 0) is 6.54 Å². The van der Waals surface area contributed by atoms with E-state index >= 15 is 0 Å². The van der Waals surface area contributed by atoms with Gasteiger partial charge in [0.2, 0.25) is 0 Å². The van der Waals surface area contributed by atoms with Gasteiger partial charge in [-0.3, -0.25) is 4.79 Å². The minimum absolute atomic E-state index is 0.121. The number of anilines is 1. The van der Waals surface area contributed by atoms with Crippen molar-refractivity contribution in [1.29, 1.82) is 0 Å². The highest BCUT2D eigenvalue weighted by Crippen LogP contribution is 2.21. The Kier molecular flexibility index (Phi) is 3.89. The fourth-order valence-electron chi connectivity index (χ4n) is 1.61. The van der Waals surface area contributed by atoms with Crippen molar-refractivity contribution < 1.29 is 4.79 Å². The van der Waals surface area contributed by atoms with Gasteiger partial charge in [-0.25, -0.2) is 0 Å². The molecule has 2 aromatic rings. The Bertz CT molecular complexity index is 580. The van der Waals surface area contributed by atoms with Crippen molar-refractivity contribution in [3.8, 4) is 0 Å². The topological polar surface area (TPSA) is 55.1 Å². The number of rotatable bonds is 3. The van der Waals surface area contributed by atoms with Gasteiger partial charge in [-0.05, 0) is 36.8 Å². The molecule has 2 rings (SSSR count). The third-order valence-electron chi connectivity index (χ3n) is 2.67. The summed E-state index contributed by atoms with van der Waals surface area (Å²) in [6.07, 6.45) is 0.